The van der Waals surface area contributed by atoms with Crippen LogP contribution in [0, 0.1) is 6.92 Å². The SMILES string of the molecule is Cc1ncc(-c2cc(C(F)(F)F)ccc2OC2C[C@H]3CC[C@@H](C2)N3c2ccc(C(F)(F)F)cn2)o1. The zero-order chi connectivity index (χ0) is 25.0. The molecule has 1 aromatic carbocycles. The molecule has 2 aromatic heterocycles. The van der Waals surface area contributed by atoms with Crippen molar-refractivity contribution in [1.29, 1.82) is 0 Å². The second kappa shape index (κ2) is 8.46. The summed E-state index contributed by atoms with van der Waals surface area (Å²) in [5, 5.41) is 0. The second-order valence-corrected chi connectivity index (χ2v) is 8.86. The van der Waals surface area contributed by atoms with Crippen LogP contribution in [0.1, 0.15) is 42.7 Å². The number of pyridine rings is 1. The van der Waals surface area contributed by atoms with Crippen LogP contribution in [0.5, 0.6) is 5.75 Å². The lowest BCUT2D eigenvalue weighted by Crippen LogP contribution is -2.46. The van der Waals surface area contributed by atoms with Crippen LogP contribution in [-0.4, -0.2) is 28.2 Å². The van der Waals surface area contributed by atoms with Crippen LogP contribution in [0.4, 0.5) is 32.2 Å². The van der Waals surface area contributed by atoms with Gasteiger partial charge in [-0.3, -0.25) is 0 Å². The van der Waals surface area contributed by atoms with Gasteiger partial charge in [0.2, 0.25) is 0 Å². The Morgan fingerprint density at radius 2 is 1.54 bits per heavy atom. The lowest BCUT2D eigenvalue weighted by molar-refractivity contribution is -0.138. The lowest BCUT2D eigenvalue weighted by Gasteiger charge is -2.40. The van der Waals surface area contributed by atoms with Gasteiger partial charge in [0.05, 0.1) is 22.9 Å². The molecule has 2 aliphatic heterocycles. The monoisotopic (exact) mass is 497 g/mol. The molecule has 2 fully saturated rings. The maximum absolute atomic E-state index is 13.3. The Morgan fingerprint density at radius 3 is 2.09 bits per heavy atom. The van der Waals surface area contributed by atoms with Crippen LogP contribution >= 0.6 is 0 Å². The number of ether oxygens (including phenoxy) is 1. The molecule has 186 valence electrons. The normalized spacial score (nSPS) is 22.5. The van der Waals surface area contributed by atoms with E-state index in [1.807, 2.05) is 4.90 Å². The predicted molar refractivity (Wildman–Crippen MR) is 114 cm³/mol. The number of aryl methyl sites for hydroxylation is 1. The number of aromatic nitrogens is 2. The standard InChI is InChI=1S/C24H21F6N3O2/c1-13-31-12-21(34-13)19-8-14(23(25,26)27)2-6-20(19)35-18-9-16-4-5-17(10-18)33(16)22-7-3-15(11-32-22)24(28,29)30/h2-3,6-8,11-12,16-18H,4-5,9-10H2,1H3/t16-,17+,18?. The van der Waals surface area contributed by atoms with Crippen LogP contribution < -0.4 is 9.64 Å². The van der Waals surface area contributed by atoms with Crippen molar-refractivity contribution >= 4 is 5.82 Å². The molecule has 11 heteroatoms. The highest BCUT2D eigenvalue weighted by Gasteiger charge is 2.43. The molecule has 35 heavy (non-hydrogen) atoms. The van der Waals surface area contributed by atoms with Crippen LogP contribution in [0.15, 0.2) is 47.1 Å². The van der Waals surface area contributed by atoms with Crippen molar-refractivity contribution in [1.82, 2.24) is 9.97 Å². The van der Waals surface area contributed by atoms with E-state index in [1.165, 1.54) is 18.3 Å². The van der Waals surface area contributed by atoms with Crippen LogP contribution in [0.3, 0.4) is 0 Å². The number of anilines is 1. The molecule has 0 saturated carbocycles. The highest BCUT2D eigenvalue weighted by Crippen LogP contribution is 2.43. The molecule has 3 aromatic rings. The van der Waals surface area contributed by atoms with E-state index in [1.54, 1.807) is 6.92 Å². The van der Waals surface area contributed by atoms with E-state index in [0.29, 0.717) is 24.6 Å². The lowest BCUT2D eigenvalue weighted by atomic mass is 9.99. The predicted octanol–water partition coefficient (Wildman–Crippen LogP) is 6.66. The average molecular weight is 497 g/mol. The molecule has 2 aliphatic rings. The van der Waals surface area contributed by atoms with Crippen molar-refractivity contribution in [3.63, 3.8) is 0 Å². The highest BCUT2D eigenvalue weighted by atomic mass is 19.4. The molecular weight excluding hydrogens is 476 g/mol. The number of hydrogen-bond acceptors (Lipinski definition) is 5. The van der Waals surface area contributed by atoms with Gasteiger partial charge < -0.3 is 14.1 Å². The first-order chi connectivity index (χ1) is 16.5. The quantitative estimate of drug-likeness (QED) is 0.377. The number of halogens is 6. The van der Waals surface area contributed by atoms with E-state index in [-0.39, 0.29) is 35.3 Å². The fourth-order valence-electron chi connectivity index (χ4n) is 4.97. The van der Waals surface area contributed by atoms with Gasteiger partial charge in [-0.25, -0.2) is 9.97 Å². The molecular formula is C24H21F6N3O2. The van der Waals surface area contributed by atoms with Gasteiger partial charge in [0.15, 0.2) is 11.7 Å². The molecule has 2 bridgehead atoms. The topological polar surface area (TPSA) is 51.4 Å². The van der Waals surface area contributed by atoms with Gasteiger partial charge in [0, 0.05) is 38.0 Å². The van der Waals surface area contributed by atoms with Gasteiger partial charge in [-0.15, -0.1) is 0 Å². The van der Waals surface area contributed by atoms with E-state index >= 15 is 0 Å². The van der Waals surface area contributed by atoms with Gasteiger partial charge in [-0.1, -0.05) is 0 Å². The van der Waals surface area contributed by atoms with E-state index in [2.05, 4.69) is 9.97 Å². The third-order valence-corrected chi connectivity index (χ3v) is 6.52. The largest absolute Gasteiger partial charge is 0.489 e. The number of benzene rings is 1. The summed E-state index contributed by atoms with van der Waals surface area (Å²) in [7, 11) is 0. The maximum atomic E-state index is 13.3. The molecule has 0 amide bonds. The van der Waals surface area contributed by atoms with E-state index in [0.717, 1.165) is 37.2 Å². The van der Waals surface area contributed by atoms with Crippen molar-refractivity contribution in [2.75, 3.05) is 4.90 Å². The zero-order valence-electron chi connectivity index (χ0n) is 18.5. The van der Waals surface area contributed by atoms with Crippen LogP contribution in [0.25, 0.3) is 11.3 Å². The van der Waals surface area contributed by atoms with E-state index in [4.69, 9.17) is 9.15 Å². The smallest absolute Gasteiger partial charge is 0.417 e. The van der Waals surface area contributed by atoms with Crippen molar-refractivity contribution in [2.24, 2.45) is 0 Å². The van der Waals surface area contributed by atoms with Crippen molar-refractivity contribution in [2.45, 2.75) is 63.1 Å². The first kappa shape index (κ1) is 23.5. The van der Waals surface area contributed by atoms with Gasteiger partial charge in [-0.2, -0.15) is 26.3 Å². The molecule has 0 radical (unpaired) electrons. The number of fused-ring (bicyclic) bond motifs is 2. The van der Waals surface area contributed by atoms with Crippen LogP contribution in [0.2, 0.25) is 0 Å². The third-order valence-electron chi connectivity index (χ3n) is 6.52. The summed E-state index contributed by atoms with van der Waals surface area (Å²) in [6, 6.07) is 5.68. The van der Waals surface area contributed by atoms with Crippen molar-refractivity contribution in [3.8, 4) is 17.1 Å². The second-order valence-electron chi connectivity index (χ2n) is 8.86. The average Bonchev–Trinajstić information content (AvgIpc) is 3.33. The summed E-state index contributed by atoms with van der Waals surface area (Å²) in [5.74, 6) is 1.24. The summed E-state index contributed by atoms with van der Waals surface area (Å²) in [6.07, 6.45) is -4.27. The fraction of sp³-hybridized carbons (Fsp3) is 0.417. The molecule has 2 saturated heterocycles. The third kappa shape index (κ3) is 4.68. The summed E-state index contributed by atoms with van der Waals surface area (Å²) in [4.78, 5) is 10.1. The zero-order valence-corrected chi connectivity index (χ0v) is 18.5. The van der Waals surface area contributed by atoms with Crippen LogP contribution in [-0.2, 0) is 12.4 Å². The molecule has 0 N–H and O–H groups in total. The molecule has 5 nitrogen and oxygen atoms in total. The first-order valence-corrected chi connectivity index (χ1v) is 11.1. The number of nitrogens with zero attached hydrogens (tertiary/aromatic N) is 3. The Bertz CT molecular complexity index is 1190. The Balaban J connectivity index is 1.36. The number of alkyl halides is 6. The first-order valence-electron chi connectivity index (χ1n) is 11.1. The summed E-state index contributed by atoms with van der Waals surface area (Å²) < 4.78 is 90.3. The minimum absolute atomic E-state index is 0.00779. The Kier molecular flexibility index (Phi) is 5.68. The number of piperidine rings is 1. The molecule has 0 spiro atoms. The number of rotatable bonds is 4. The van der Waals surface area contributed by atoms with E-state index < -0.39 is 23.5 Å². The number of oxazole rings is 1. The minimum Gasteiger partial charge on any atom is -0.489 e. The summed E-state index contributed by atoms with van der Waals surface area (Å²) >= 11 is 0. The summed E-state index contributed by atoms with van der Waals surface area (Å²) in [6.45, 7) is 1.60. The molecule has 3 atom stereocenters. The van der Waals surface area contributed by atoms with Gasteiger partial charge in [0.25, 0.3) is 0 Å². The molecule has 1 unspecified atom stereocenters. The van der Waals surface area contributed by atoms with Gasteiger partial charge >= 0.3 is 12.4 Å². The van der Waals surface area contributed by atoms with Crippen molar-refractivity contribution < 1.29 is 35.5 Å². The van der Waals surface area contributed by atoms with Gasteiger partial charge in [-0.05, 0) is 43.2 Å². The Hall–Kier alpha value is -3.24. The minimum atomic E-state index is -4.53. The molecule has 5 rings (SSSR count). The Labute approximate surface area is 196 Å². The van der Waals surface area contributed by atoms with Gasteiger partial charge in [0.1, 0.15) is 17.7 Å². The van der Waals surface area contributed by atoms with Crippen molar-refractivity contribution in [3.05, 3.63) is 59.7 Å². The molecule has 0 aliphatic carbocycles. The fourth-order valence-corrected chi connectivity index (χ4v) is 4.97. The Morgan fingerprint density at radius 1 is 0.886 bits per heavy atom. The highest BCUT2D eigenvalue weighted by molar-refractivity contribution is 5.66. The molecule has 4 heterocycles. The number of hydrogen-bond donors (Lipinski definition) is 0. The van der Waals surface area contributed by atoms with E-state index in [9.17, 15) is 26.3 Å². The maximum Gasteiger partial charge on any atom is 0.417 e. The summed E-state index contributed by atoms with van der Waals surface area (Å²) in [5.41, 5.74) is -1.46.